The van der Waals surface area contributed by atoms with Gasteiger partial charge >= 0.3 is 11.7 Å². The summed E-state index contributed by atoms with van der Waals surface area (Å²) in [4.78, 5) is 40.4. The van der Waals surface area contributed by atoms with Gasteiger partial charge in [0.2, 0.25) is 5.91 Å². The van der Waals surface area contributed by atoms with Gasteiger partial charge in [0.1, 0.15) is 35.1 Å². The van der Waals surface area contributed by atoms with Crippen molar-refractivity contribution in [3.05, 3.63) is 118 Å². The normalized spacial score (nSPS) is 19.3. The van der Waals surface area contributed by atoms with Gasteiger partial charge in [-0.3, -0.25) is 14.2 Å². The molecule has 4 aromatic rings. The average Bonchev–Trinajstić information content (AvgIpc) is 3.35. The summed E-state index contributed by atoms with van der Waals surface area (Å²) >= 11 is 0. The molecule has 0 unspecified atom stereocenters. The summed E-state index contributed by atoms with van der Waals surface area (Å²) in [5.41, 5.74) is 0.326. The summed E-state index contributed by atoms with van der Waals surface area (Å²) in [6.07, 6.45) is -3.56. The zero-order valence-corrected chi connectivity index (χ0v) is 25.8. The van der Waals surface area contributed by atoms with Gasteiger partial charge < -0.3 is 34.1 Å². The number of carbonyl (C=O) groups excluding carboxylic acids is 2. The predicted octanol–water partition coefficient (Wildman–Crippen LogP) is 3.42. The molecule has 5 rings (SSSR count). The number of amides is 1. The van der Waals surface area contributed by atoms with Crippen LogP contribution in [-0.2, 0) is 29.4 Å². The fraction of sp³-hybridized carbons (Fsp3) is 0.294. The van der Waals surface area contributed by atoms with E-state index in [2.05, 4.69) is 10.3 Å². The van der Waals surface area contributed by atoms with Crippen LogP contribution in [0.3, 0.4) is 0 Å². The molecule has 3 aromatic carbocycles. The fourth-order valence-electron chi connectivity index (χ4n) is 5.54. The van der Waals surface area contributed by atoms with Crippen LogP contribution < -0.4 is 20.5 Å². The number of rotatable bonds is 11. The SMILES string of the molecule is COc1ccc(C(OC[C@H]2O[C@@H](n3ccc(NC(C)=O)nc3=O)[C@@H](OC(C)=O)[C@@H]2O)(c2ccccc2)c2ccc(OC)cc2)cc1. The van der Waals surface area contributed by atoms with E-state index < -0.39 is 47.7 Å². The quantitative estimate of drug-likeness (QED) is 0.187. The summed E-state index contributed by atoms with van der Waals surface area (Å²) in [6.45, 7) is 2.30. The maximum absolute atomic E-state index is 13.0. The van der Waals surface area contributed by atoms with E-state index in [-0.39, 0.29) is 12.4 Å². The standard InChI is InChI=1S/C34H35N3O9/c1-21(38)35-29-18-19-37(33(41)36-29)32-31(45-22(2)39)30(40)28(46-32)20-44-34(23-8-6-5-7-9-23,24-10-14-26(42-3)15-11-24)25-12-16-27(43-4)17-13-25/h5-19,28,30-32,40H,20H2,1-4H3,(H,35,36,38,41)/t28-,30-,31+,32-/m1/s1. The number of benzene rings is 3. The van der Waals surface area contributed by atoms with Crippen LogP contribution in [0.15, 0.2) is 95.9 Å². The predicted molar refractivity (Wildman–Crippen MR) is 167 cm³/mol. The average molecular weight is 630 g/mol. The number of carbonyl (C=O) groups is 2. The molecular weight excluding hydrogens is 594 g/mol. The maximum Gasteiger partial charge on any atom is 0.351 e. The minimum absolute atomic E-state index is 0.0443. The van der Waals surface area contributed by atoms with E-state index in [4.69, 9.17) is 23.7 Å². The van der Waals surface area contributed by atoms with Gasteiger partial charge in [-0.15, -0.1) is 0 Å². The van der Waals surface area contributed by atoms with E-state index in [1.807, 2.05) is 78.9 Å². The molecule has 0 bridgehead atoms. The number of ether oxygens (including phenoxy) is 5. The molecule has 4 atom stereocenters. The highest BCUT2D eigenvalue weighted by Gasteiger charge is 2.49. The van der Waals surface area contributed by atoms with Gasteiger partial charge in [-0.1, -0.05) is 54.6 Å². The zero-order chi connectivity index (χ0) is 32.8. The number of esters is 1. The third kappa shape index (κ3) is 6.64. The molecule has 1 amide bonds. The highest BCUT2D eigenvalue weighted by Crippen LogP contribution is 2.43. The van der Waals surface area contributed by atoms with Crippen LogP contribution in [0, 0.1) is 0 Å². The van der Waals surface area contributed by atoms with Crippen LogP contribution in [0.1, 0.15) is 36.8 Å². The van der Waals surface area contributed by atoms with E-state index in [0.29, 0.717) is 11.5 Å². The Hall–Kier alpha value is -5.04. The van der Waals surface area contributed by atoms with E-state index >= 15 is 0 Å². The van der Waals surface area contributed by atoms with Crippen molar-refractivity contribution in [2.45, 2.75) is 44.0 Å². The first-order chi connectivity index (χ1) is 22.2. The highest BCUT2D eigenvalue weighted by atomic mass is 16.6. The second-order valence-electron chi connectivity index (χ2n) is 10.6. The Morgan fingerprint density at radius 3 is 1.96 bits per heavy atom. The van der Waals surface area contributed by atoms with Crippen LogP contribution in [-0.4, -0.2) is 65.7 Å². The van der Waals surface area contributed by atoms with Gasteiger partial charge in [0.15, 0.2) is 12.3 Å². The number of aliphatic hydroxyl groups excluding tert-OH is 1. The number of methoxy groups -OCH3 is 2. The molecule has 1 aliphatic heterocycles. The molecular formula is C34H35N3O9. The van der Waals surface area contributed by atoms with Gasteiger partial charge in [-0.2, -0.15) is 4.98 Å². The molecule has 1 fully saturated rings. The smallest absolute Gasteiger partial charge is 0.351 e. The van der Waals surface area contributed by atoms with Gasteiger partial charge in [0.25, 0.3) is 0 Å². The third-order valence-electron chi connectivity index (χ3n) is 7.66. The molecule has 46 heavy (non-hydrogen) atoms. The lowest BCUT2D eigenvalue weighted by Crippen LogP contribution is -2.41. The molecule has 1 saturated heterocycles. The van der Waals surface area contributed by atoms with E-state index in [0.717, 1.165) is 21.3 Å². The molecule has 12 nitrogen and oxygen atoms in total. The van der Waals surface area contributed by atoms with Crippen LogP contribution in [0.25, 0.3) is 0 Å². The molecule has 2 N–H and O–H groups in total. The van der Waals surface area contributed by atoms with Crippen LogP contribution in [0.4, 0.5) is 5.82 Å². The summed E-state index contributed by atoms with van der Waals surface area (Å²) in [7, 11) is 3.17. The zero-order valence-electron chi connectivity index (χ0n) is 25.8. The van der Waals surface area contributed by atoms with E-state index in [1.165, 1.54) is 26.1 Å². The number of hydrogen-bond donors (Lipinski definition) is 2. The first-order valence-electron chi connectivity index (χ1n) is 14.5. The summed E-state index contributed by atoms with van der Waals surface area (Å²) in [5, 5.41) is 13.9. The maximum atomic E-state index is 13.0. The molecule has 0 aliphatic carbocycles. The van der Waals surface area contributed by atoms with Gasteiger partial charge in [0, 0.05) is 20.0 Å². The molecule has 2 heterocycles. The molecule has 0 radical (unpaired) electrons. The Balaban J connectivity index is 1.55. The number of nitrogens with zero attached hydrogens (tertiary/aromatic N) is 2. The number of aromatic nitrogens is 2. The number of aliphatic hydroxyl groups is 1. The lowest BCUT2D eigenvalue weighted by molar-refractivity contribution is -0.156. The second kappa shape index (κ2) is 13.9. The van der Waals surface area contributed by atoms with Crippen molar-refractivity contribution < 1.29 is 38.4 Å². The highest BCUT2D eigenvalue weighted by molar-refractivity contribution is 5.87. The van der Waals surface area contributed by atoms with Crippen LogP contribution in [0.2, 0.25) is 0 Å². The van der Waals surface area contributed by atoms with Crippen molar-refractivity contribution >= 4 is 17.7 Å². The molecule has 0 saturated carbocycles. The molecule has 12 heteroatoms. The van der Waals surface area contributed by atoms with Crippen molar-refractivity contribution in [3.8, 4) is 11.5 Å². The fourth-order valence-corrected chi connectivity index (χ4v) is 5.54. The van der Waals surface area contributed by atoms with Crippen LogP contribution >= 0.6 is 0 Å². The first kappa shape index (κ1) is 32.4. The molecule has 1 aromatic heterocycles. The topological polar surface area (TPSA) is 147 Å². The van der Waals surface area contributed by atoms with Crippen molar-refractivity contribution in [2.24, 2.45) is 0 Å². The second-order valence-corrected chi connectivity index (χ2v) is 10.6. The van der Waals surface area contributed by atoms with Gasteiger partial charge in [-0.25, -0.2) is 4.79 Å². The van der Waals surface area contributed by atoms with Gasteiger partial charge in [-0.05, 0) is 47.0 Å². The number of nitrogens with one attached hydrogen (secondary N) is 1. The monoisotopic (exact) mass is 629 g/mol. The lowest BCUT2D eigenvalue weighted by atomic mass is 9.80. The van der Waals surface area contributed by atoms with E-state index in [1.54, 1.807) is 14.2 Å². The summed E-state index contributed by atoms with van der Waals surface area (Å²) in [5.74, 6) is 0.284. The van der Waals surface area contributed by atoms with Crippen molar-refractivity contribution in [1.29, 1.82) is 0 Å². The number of anilines is 1. The largest absolute Gasteiger partial charge is 0.497 e. The van der Waals surface area contributed by atoms with E-state index in [9.17, 15) is 19.5 Å². The number of hydrogen-bond acceptors (Lipinski definition) is 10. The van der Waals surface area contributed by atoms with Crippen molar-refractivity contribution in [2.75, 3.05) is 26.1 Å². The Morgan fingerprint density at radius 2 is 1.46 bits per heavy atom. The van der Waals surface area contributed by atoms with Crippen molar-refractivity contribution in [1.82, 2.24) is 9.55 Å². The Morgan fingerprint density at radius 1 is 0.891 bits per heavy atom. The van der Waals surface area contributed by atoms with Crippen LogP contribution in [0.5, 0.6) is 11.5 Å². The summed E-state index contributed by atoms with van der Waals surface area (Å²) in [6, 6.07) is 25.9. The first-order valence-corrected chi connectivity index (χ1v) is 14.5. The van der Waals surface area contributed by atoms with Crippen molar-refractivity contribution in [3.63, 3.8) is 0 Å². The molecule has 1 aliphatic rings. The lowest BCUT2D eigenvalue weighted by Gasteiger charge is -2.37. The Bertz CT molecular complexity index is 1660. The minimum atomic E-state index is -1.38. The minimum Gasteiger partial charge on any atom is -0.497 e. The Labute approximate surface area is 265 Å². The van der Waals surface area contributed by atoms with Gasteiger partial charge in [0.05, 0.1) is 20.8 Å². The summed E-state index contributed by atoms with van der Waals surface area (Å²) < 4.78 is 30.4. The Kier molecular flexibility index (Phi) is 9.81. The molecule has 0 spiro atoms. The third-order valence-corrected chi connectivity index (χ3v) is 7.66. The molecule has 240 valence electrons.